The zero-order valence-corrected chi connectivity index (χ0v) is 11.7. The number of nitrogens with zero attached hydrogens (tertiary/aromatic N) is 2. The molecule has 6 heteroatoms. The molecule has 3 rings (SSSR count). The van der Waals surface area contributed by atoms with E-state index in [1.54, 1.807) is 6.20 Å². The molecule has 1 N–H and O–H groups in total. The average Bonchev–Trinajstić information content (AvgIpc) is 3.01. The highest BCUT2D eigenvalue weighted by Gasteiger charge is 2.22. The highest BCUT2D eigenvalue weighted by atomic mass is 19.1. The van der Waals surface area contributed by atoms with Crippen molar-refractivity contribution in [2.75, 3.05) is 25.1 Å². The number of aromatic nitrogens is 2. The van der Waals surface area contributed by atoms with Gasteiger partial charge in [-0.1, -0.05) is 0 Å². The molecule has 0 atom stereocenters. The molecule has 1 aliphatic heterocycles. The molecule has 0 spiro atoms. The summed E-state index contributed by atoms with van der Waals surface area (Å²) in [5, 5.41) is 6.30. The monoisotopic (exact) mass is 289 g/mol. The van der Waals surface area contributed by atoms with E-state index in [1.165, 1.54) is 25.3 Å². The van der Waals surface area contributed by atoms with Gasteiger partial charge in [0.15, 0.2) is 0 Å². The normalized spacial score (nSPS) is 14.5. The van der Waals surface area contributed by atoms with Crippen molar-refractivity contribution in [2.45, 2.75) is 12.8 Å². The Labute approximate surface area is 121 Å². The van der Waals surface area contributed by atoms with E-state index < -0.39 is 5.82 Å². The van der Waals surface area contributed by atoms with E-state index in [4.69, 9.17) is 4.74 Å². The molecule has 0 bridgehead atoms. The number of hydrogen-bond donors (Lipinski definition) is 1. The molecular formula is C15H16FN3O2. The van der Waals surface area contributed by atoms with E-state index in [-0.39, 0.29) is 5.56 Å². The number of ether oxygens (including phenoxy) is 1. The number of halogens is 1. The molecule has 0 unspecified atom stereocenters. The third kappa shape index (κ3) is 2.49. The van der Waals surface area contributed by atoms with Crippen LogP contribution in [-0.4, -0.2) is 30.4 Å². The molecule has 2 aromatic rings. The third-order valence-electron chi connectivity index (χ3n) is 3.71. The van der Waals surface area contributed by atoms with E-state index in [9.17, 15) is 9.18 Å². The topological polar surface area (TPSA) is 58.2 Å². The SMILES string of the molecule is COc1ccc(F)cc1-c1c(N2CCCC2)cn[nH]c1=O. The molecular weight excluding hydrogens is 273 g/mol. The maximum Gasteiger partial charge on any atom is 0.274 e. The van der Waals surface area contributed by atoms with Gasteiger partial charge in [0.05, 0.1) is 24.6 Å². The van der Waals surface area contributed by atoms with Crippen molar-refractivity contribution in [1.82, 2.24) is 10.2 Å². The second-order valence-electron chi connectivity index (χ2n) is 5.00. The Kier molecular flexibility index (Phi) is 3.60. The number of anilines is 1. The van der Waals surface area contributed by atoms with Gasteiger partial charge in [0.25, 0.3) is 5.56 Å². The first-order valence-corrected chi connectivity index (χ1v) is 6.87. The Morgan fingerprint density at radius 3 is 2.81 bits per heavy atom. The van der Waals surface area contributed by atoms with Crippen LogP contribution in [0.4, 0.5) is 10.1 Å². The second kappa shape index (κ2) is 5.55. The van der Waals surface area contributed by atoms with Crippen LogP contribution in [-0.2, 0) is 0 Å². The van der Waals surface area contributed by atoms with Crippen molar-refractivity contribution in [1.29, 1.82) is 0 Å². The summed E-state index contributed by atoms with van der Waals surface area (Å²) >= 11 is 0. The van der Waals surface area contributed by atoms with Crippen LogP contribution < -0.4 is 15.2 Å². The van der Waals surface area contributed by atoms with Gasteiger partial charge in [0, 0.05) is 18.7 Å². The van der Waals surface area contributed by atoms with E-state index in [0.717, 1.165) is 31.6 Å². The molecule has 1 aliphatic rings. The van der Waals surface area contributed by atoms with Crippen LogP contribution >= 0.6 is 0 Å². The fraction of sp³-hybridized carbons (Fsp3) is 0.333. The summed E-state index contributed by atoms with van der Waals surface area (Å²) in [6.07, 6.45) is 3.77. The predicted octanol–water partition coefficient (Wildman–Crippen LogP) is 2.18. The Hall–Kier alpha value is -2.37. The molecule has 0 saturated carbocycles. The molecule has 1 fully saturated rings. The number of aromatic amines is 1. The van der Waals surface area contributed by atoms with Crippen LogP contribution in [0, 0.1) is 5.82 Å². The Morgan fingerprint density at radius 1 is 1.33 bits per heavy atom. The third-order valence-corrected chi connectivity index (χ3v) is 3.71. The van der Waals surface area contributed by atoms with Crippen molar-refractivity contribution in [2.24, 2.45) is 0 Å². The van der Waals surface area contributed by atoms with Crippen LogP contribution in [0.15, 0.2) is 29.2 Å². The lowest BCUT2D eigenvalue weighted by Gasteiger charge is -2.20. The van der Waals surface area contributed by atoms with E-state index in [0.29, 0.717) is 16.9 Å². The van der Waals surface area contributed by atoms with Gasteiger partial charge in [-0.25, -0.2) is 9.49 Å². The molecule has 1 aromatic carbocycles. The van der Waals surface area contributed by atoms with Crippen molar-refractivity contribution in [3.05, 3.63) is 40.6 Å². The lowest BCUT2D eigenvalue weighted by atomic mass is 10.0. The number of hydrogen-bond acceptors (Lipinski definition) is 4. The fourth-order valence-corrected chi connectivity index (χ4v) is 2.72. The summed E-state index contributed by atoms with van der Waals surface area (Å²) in [6.45, 7) is 1.74. The minimum Gasteiger partial charge on any atom is -0.496 e. The number of H-pyrrole nitrogens is 1. The molecule has 21 heavy (non-hydrogen) atoms. The molecule has 0 radical (unpaired) electrons. The van der Waals surface area contributed by atoms with Gasteiger partial charge in [-0.15, -0.1) is 0 Å². The summed E-state index contributed by atoms with van der Waals surface area (Å²) in [5.41, 5.74) is 1.23. The molecule has 1 aromatic heterocycles. The second-order valence-corrected chi connectivity index (χ2v) is 5.00. The Balaban J connectivity index is 2.22. The summed E-state index contributed by atoms with van der Waals surface area (Å²) in [5.74, 6) is 0.0583. The van der Waals surface area contributed by atoms with Gasteiger partial charge in [-0.05, 0) is 31.0 Å². The van der Waals surface area contributed by atoms with Crippen molar-refractivity contribution >= 4 is 5.69 Å². The van der Waals surface area contributed by atoms with Gasteiger partial charge in [-0.3, -0.25) is 4.79 Å². The largest absolute Gasteiger partial charge is 0.496 e. The predicted molar refractivity (Wildman–Crippen MR) is 78.3 cm³/mol. The quantitative estimate of drug-likeness (QED) is 0.941. The summed E-state index contributed by atoms with van der Waals surface area (Å²) in [6, 6.07) is 4.16. The molecule has 1 saturated heterocycles. The zero-order valence-electron chi connectivity index (χ0n) is 11.7. The van der Waals surface area contributed by atoms with Crippen LogP contribution in [0.3, 0.4) is 0 Å². The minimum absolute atomic E-state index is 0.344. The van der Waals surface area contributed by atoms with Crippen molar-refractivity contribution < 1.29 is 9.13 Å². The van der Waals surface area contributed by atoms with Gasteiger partial charge in [0.1, 0.15) is 11.6 Å². The summed E-state index contributed by atoms with van der Waals surface area (Å²) in [7, 11) is 1.50. The highest BCUT2D eigenvalue weighted by molar-refractivity contribution is 5.81. The number of nitrogens with one attached hydrogen (secondary N) is 1. The van der Waals surface area contributed by atoms with E-state index in [2.05, 4.69) is 15.1 Å². The smallest absolute Gasteiger partial charge is 0.274 e. The van der Waals surface area contributed by atoms with Crippen LogP contribution in [0.5, 0.6) is 5.75 Å². The van der Waals surface area contributed by atoms with Gasteiger partial charge in [-0.2, -0.15) is 5.10 Å². The number of methoxy groups -OCH3 is 1. The maximum atomic E-state index is 13.6. The van der Waals surface area contributed by atoms with Crippen molar-refractivity contribution in [3.63, 3.8) is 0 Å². The standard InChI is InChI=1S/C15H16FN3O2/c1-21-13-5-4-10(16)8-11(13)14-12(9-17-18-15(14)20)19-6-2-3-7-19/h4-5,8-9H,2-3,6-7H2,1H3,(H,18,20). The molecule has 0 amide bonds. The van der Waals surface area contributed by atoms with Crippen LogP contribution in [0.25, 0.3) is 11.1 Å². The molecule has 2 heterocycles. The zero-order chi connectivity index (χ0) is 14.8. The first-order valence-electron chi connectivity index (χ1n) is 6.87. The first-order chi connectivity index (χ1) is 10.2. The minimum atomic E-state index is -0.408. The Morgan fingerprint density at radius 2 is 2.10 bits per heavy atom. The lowest BCUT2D eigenvalue weighted by molar-refractivity contribution is 0.415. The van der Waals surface area contributed by atoms with Gasteiger partial charge < -0.3 is 9.64 Å². The number of rotatable bonds is 3. The summed E-state index contributed by atoms with van der Waals surface area (Å²) in [4.78, 5) is 14.4. The Bertz CT molecular complexity index is 708. The van der Waals surface area contributed by atoms with Gasteiger partial charge in [0.2, 0.25) is 0 Å². The highest BCUT2D eigenvalue weighted by Crippen LogP contribution is 2.35. The molecule has 110 valence electrons. The first kappa shape index (κ1) is 13.6. The van der Waals surface area contributed by atoms with Crippen molar-refractivity contribution in [3.8, 4) is 16.9 Å². The maximum absolute atomic E-state index is 13.6. The van der Waals surface area contributed by atoms with E-state index in [1.807, 2.05) is 0 Å². The van der Waals surface area contributed by atoms with Crippen LogP contribution in [0.2, 0.25) is 0 Å². The van der Waals surface area contributed by atoms with Crippen LogP contribution in [0.1, 0.15) is 12.8 Å². The molecule has 5 nitrogen and oxygen atoms in total. The van der Waals surface area contributed by atoms with E-state index >= 15 is 0 Å². The fourth-order valence-electron chi connectivity index (χ4n) is 2.72. The lowest BCUT2D eigenvalue weighted by Crippen LogP contribution is -2.23. The average molecular weight is 289 g/mol. The summed E-state index contributed by atoms with van der Waals surface area (Å²) < 4.78 is 18.9. The number of benzene rings is 1. The molecule has 0 aliphatic carbocycles. The van der Waals surface area contributed by atoms with Gasteiger partial charge >= 0.3 is 0 Å².